The van der Waals surface area contributed by atoms with Crippen LogP contribution in [0.5, 0.6) is 11.5 Å². The van der Waals surface area contributed by atoms with E-state index in [1.807, 2.05) is 30.3 Å². The normalized spacial score (nSPS) is 12.2. The molecule has 1 unspecified atom stereocenters. The lowest BCUT2D eigenvalue weighted by Gasteiger charge is -2.18. The monoisotopic (exact) mass is 337 g/mol. The molecule has 0 fully saturated rings. The van der Waals surface area contributed by atoms with Gasteiger partial charge >= 0.3 is 6.61 Å². The number of aliphatic hydroxyl groups is 1. The fraction of sp³-hybridized carbons (Fsp3) is 0.333. The molecule has 0 aliphatic rings. The van der Waals surface area contributed by atoms with Gasteiger partial charge in [-0.1, -0.05) is 36.4 Å². The van der Waals surface area contributed by atoms with Crippen LogP contribution in [0.3, 0.4) is 0 Å². The minimum Gasteiger partial charge on any atom is -0.490 e. The summed E-state index contributed by atoms with van der Waals surface area (Å²) in [5.74, 6) is 0.287. The molecule has 0 radical (unpaired) electrons. The van der Waals surface area contributed by atoms with E-state index in [2.05, 4.69) is 10.1 Å². The molecule has 0 aliphatic heterocycles. The SMILES string of the molecule is CCOc1cc(CNC(CO)c2ccccc2)ccc1OC(F)F. The highest BCUT2D eigenvalue weighted by molar-refractivity contribution is 5.43. The van der Waals surface area contributed by atoms with E-state index < -0.39 is 6.61 Å². The first kappa shape index (κ1) is 18.2. The van der Waals surface area contributed by atoms with E-state index in [0.717, 1.165) is 11.1 Å². The van der Waals surface area contributed by atoms with Crippen molar-refractivity contribution in [1.29, 1.82) is 0 Å². The Bertz CT molecular complexity index is 623. The third kappa shape index (κ3) is 5.18. The van der Waals surface area contributed by atoms with Gasteiger partial charge in [0.25, 0.3) is 0 Å². The van der Waals surface area contributed by atoms with Crippen molar-refractivity contribution in [2.24, 2.45) is 0 Å². The molecule has 0 bridgehead atoms. The molecule has 4 nitrogen and oxygen atoms in total. The third-order valence-electron chi connectivity index (χ3n) is 3.46. The standard InChI is InChI=1S/C18H21F2NO3/c1-2-23-17-10-13(8-9-16(17)24-18(19)20)11-21-15(12-22)14-6-4-3-5-7-14/h3-10,15,18,21-22H,2,11-12H2,1H3. The van der Waals surface area contributed by atoms with E-state index in [-0.39, 0.29) is 24.1 Å². The molecule has 0 saturated heterocycles. The second-order valence-corrected chi connectivity index (χ2v) is 5.12. The Morgan fingerprint density at radius 2 is 1.83 bits per heavy atom. The Morgan fingerprint density at radius 3 is 2.46 bits per heavy atom. The molecule has 2 N–H and O–H groups in total. The van der Waals surface area contributed by atoms with Gasteiger partial charge in [-0.15, -0.1) is 0 Å². The van der Waals surface area contributed by atoms with Crippen molar-refractivity contribution in [2.75, 3.05) is 13.2 Å². The first-order chi connectivity index (χ1) is 11.6. The molecule has 0 heterocycles. The van der Waals surface area contributed by atoms with Gasteiger partial charge in [-0.25, -0.2) is 0 Å². The Hall–Kier alpha value is -2.18. The van der Waals surface area contributed by atoms with Gasteiger partial charge in [0.05, 0.1) is 19.3 Å². The zero-order valence-electron chi connectivity index (χ0n) is 13.4. The van der Waals surface area contributed by atoms with Crippen molar-refractivity contribution in [3.63, 3.8) is 0 Å². The number of hydrogen-bond acceptors (Lipinski definition) is 4. The Labute approximate surface area is 140 Å². The van der Waals surface area contributed by atoms with Crippen LogP contribution in [-0.4, -0.2) is 24.9 Å². The summed E-state index contributed by atoms with van der Waals surface area (Å²) in [5, 5.41) is 12.8. The van der Waals surface area contributed by atoms with Crippen LogP contribution in [0.15, 0.2) is 48.5 Å². The fourth-order valence-corrected chi connectivity index (χ4v) is 2.34. The second kappa shape index (κ2) is 9.20. The Balaban J connectivity index is 2.07. The van der Waals surface area contributed by atoms with E-state index >= 15 is 0 Å². The highest BCUT2D eigenvalue weighted by Crippen LogP contribution is 2.30. The second-order valence-electron chi connectivity index (χ2n) is 5.12. The number of benzene rings is 2. The van der Waals surface area contributed by atoms with Crippen LogP contribution < -0.4 is 14.8 Å². The maximum absolute atomic E-state index is 12.4. The van der Waals surface area contributed by atoms with Crippen LogP contribution in [-0.2, 0) is 6.54 Å². The van der Waals surface area contributed by atoms with Crippen molar-refractivity contribution < 1.29 is 23.4 Å². The van der Waals surface area contributed by atoms with E-state index in [1.165, 1.54) is 6.07 Å². The number of rotatable bonds is 9. The fourth-order valence-electron chi connectivity index (χ4n) is 2.34. The van der Waals surface area contributed by atoms with Crippen LogP contribution in [0, 0.1) is 0 Å². The average molecular weight is 337 g/mol. The Morgan fingerprint density at radius 1 is 1.08 bits per heavy atom. The molecule has 24 heavy (non-hydrogen) atoms. The molecule has 0 amide bonds. The number of hydrogen-bond donors (Lipinski definition) is 2. The number of halogens is 2. The van der Waals surface area contributed by atoms with Gasteiger partial charge in [0, 0.05) is 6.54 Å². The lowest BCUT2D eigenvalue weighted by atomic mass is 10.1. The first-order valence-electron chi connectivity index (χ1n) is 7.73. The molecular formula is C18H21F2NO3. The van der Waals surface area contributed by atoms with Crippen LogP contribution >= 0.6 is 0 Å². The van der Waals surface area contributed by atoms with Crippen LogP contribution in [0.1, 0.15) is 24.1 Å². The lowest BCUT2D eigenvalue weighted by molar-refractivity contribution is -0.0514. The highest BCUT2D eigenvalue weighted by atomic mass is 19.3. The van der Waals surface area contributed by atoms with Crippen LogP contribution in [0.2, 0.25) is 0 Å². The van der Waals surface area contributed by atoms with Gasteiger partial charge in [-0.2, -0.15) is 8.78 Å². The molecule has 2 aromatic rings. The third-order valence-corrected chi connectivity index (χ3v) is 3.46. The van der Waals surface area contributed by atoms with Gasteiger partial charge in [0.15, 0.2) is 11.5 Å². The zero-order valence-corrected chi connectivity index (χ0v) is 13.4. The van der Waals surface area contributed by atoms with E-state index in [9.17, 15) is 13.9 Å². The van der Waals surface area contributed by atoms with Gasteiger partial charge in [-0.3, -0.25) is 0 Å². The summed E-state index contributed by atoms with van der Waals surface area (Å²) in [5.41, 5.74) is 1.82. The predicted molar refractivity (Wildman–Crippen MR) is 87.4 cm³/mol. The topological polar surface area (TPSA) is 50.7 Å². The molecule has 0 saturated carbocycles. The maximum Gasteiger partial charge on any atom is 0.387 e. The van der Waals surface area contributed by atoms with Gasteiger partial charge < -0.3 is 19.9 Å². The Kier molecular flexibility index (Phi) is 6.96. The average Bonchev–Trinajstić information content (AvgIpc) is 2.58. The van der Waals surface area contributed by atoms with E-state index in [1.54, 1.807) is 19.1 Å². The summed E-state index contributed by atoms with van der Waals surface area (Å²) in [6, 6.07) is 14.2. The van der Waals surface area contributed by atoms with Crippen molar-refractivity contribution in [3.8, 4) is 11.5 Å². The largest absolute Gasteiger partial charge is 0.490 e. The molecule has 0 spiro atoms. The molecule has 6 heteroatoms. The van der Waals surface area contributed by atoms with Gasteiger partial charge in [0.1, 0.15) is 0 Å². The van der Waals surface area contributed by atoms with Crippen molar-refractivity contribution in [2.45, 2.75) is 26.1 Å². The van der Waals surface area contributed by atoms with Gasteiger partial charge in [-0.05, 0) is 30.2 Å². The maximum atomic E-state index is 12.4. The predicted octanol–water partition coefficient (Wildman–Crippen LogP) is 3.51. The number of alkyl halides is 2. The molecule has 1 atom stereocenters. The summed E-state index contributed by atoms with van der Waals surface area (Å²) < 4.78 is 34.6. The van der Waals surface area contributed by atoms with Crippen molar-refractivity contribution in [3.05, 3.63) is 59.7 Å². The summed E-state index contributed by atoms with van der Waals surface area (Å²) in [6.07, 6.45) is 0. The smallest absolute Gasteiger partial charge is 0.387 e. The lowest BCUT2D eigenvalue weighted by Crippen LogP contribution is -2.24. The van der Waals surface area contributed by atoms with Crippen LogP contribution in [0.4, 0.5) is 8.78 Å². The molecular weight excluding hydrogens is 316 g/mol. The molecule has 0 aliphatic carbocycles. The summed E-state index contributed by atoms with van der Waals surface area (Å²) in [6.45, 7) is -0.372. The summed E-state index contributed by atoms with van der Waals surface area (Å²) in [7, 11) is 0. The molecule has 2 rings (SSSR count). The van der Waals surface area contributed by atoms with E-state index in [4.69, 9.17) is 4.74 Å². The molecule has 130 valence electrons. The minimum atomic E-state index is -2.90. The zero-order chi connectivity index (χ0) is 17.4. The summed E-state index contributed by atoms with van der Waals surface area (Å²) in [4.78, 5) is 0. The molecule has 0 aromatic heterocycles. The molecule has 2 aromatic carbocycles. The van der Waals surface area contributed by atoms with Crippen molar-refractivity contribution >= 4 is 0 Å². The number of ether oxygens (including phenoxy) is 2. The van der Waals surface area contributed by atoms with Gasteiger partial charge in [0.2, 0.25) is 0 Å². The highest BCUT2D eigenvalue weighted by Gasteiger charge is 2.13. The van der Waals surface area contributed by atoms with Crippen molar-refractivity contribution in [1.82, 2.24) is 5.32 Å². The quantitative estimate of drug-likeness (QED) is 0.735. The first-order valence-corrected chi connectivity index (χ1v) is 7.73. The number of nitrogens with one attached hydrogen (secondary N) is 1. The number of aliphatic hydroxyl groups excluding tert-OH is 1. The minimum absolute atomic E-state index is 0.0115. The van der Waals surface area contributed by atoms with Crippen LogP contribution in [0.25, 0.3) is 0 Å². The van der Waals surface area contributed by atoms with E-state index in [0.29, 0.717) is 13.2 Å². The summed E-state index contributed by atoms with van der Waals surface area (Å²) >= 11 is 0.